The second kappa shape index (κ2) is 11.9. The van der Waals surface area contributed by atoms with Crippen LogP contribution in [0.25, 0.3) is 11.4 Å². The first-order valence-corrected chi connectivity index (χ1v) is 10.8. The van der Waals surface area contributed by atoms with Gasteiger partial charge in [0.25, 0.3) is 0 Å². The zero-order valence-electron chi connectivity index (χ0n) is 18.7. The highest BCUT2D eigenvalue weighted by Crippen LogP contribution is 2.23. The van der Waals surface area contributed by atoms with Crippen molar-refractivity contribution < 1.29 is 19.1 Å². The fourth-order valence-corrected chi connectivity index (χ4v) is 3.00. The van der Waals surface area contributed by atoms with E-state index in [2.05, 4.69) is 25.6 Å². The van der Waals surface area contributed by atoms with Crippen molar-refractivity contribution in [2.24, 2.45) is 0 Å². The molecule has 11 heteroatoms. The van der Waals surface area contributed by atoms with Crippen LogP contribution in [0.15, 0.2) is 36.7 Å². The number of carbonyl (C=O) groups excluding carboxylic acids is 1. The van der Waals surface area contributed by atoms with Crippen LogP contribution in [-0.2, 0) is 4.79 Å². The SMILES string of the molecule is CC(C)n1cc(-c2nc(Nc3ccc(OCCCCCCC(=O)NO)cc3)ncc2F)nn1. The van der Waals surface area contributed by atoms with Crippen LogP contribution in [0.2, 0.25) is 0 Å². The molecule has 0 unspecified atom stereocenters. The van der Waals surface area contributed by atoms with Crippen molar-refractivity contribution in [3.8, 4) is 17.1 Å². The van der Waals surface area contributed by atoms with Crippen LogP contribution in [0.3, 0.4) is 0 Å². The van der Waals surface area contributed by atoms with E-state index in [4.69, 9.17) is 9.94 Å². The van der Waals surface area contributed by atoms with E-state index in [0.717, 1.165) is 43.3 Å². The van der Waals surface area contributed by atoms with Crippen molar-refractivity contribution in [3.63, 3.8) is 0 Å². The predicted molar refractivity (Wildman–Crippen MR) is 120 cm³/mol. The Bertz CT molecular complexity index is 1040. The van der Waals surface area contributed by atoms with Gasteiger partial charge in [0.2, 0.25) is 11.9 Å². The third-order valence-corrected chi connectivity index (χ3v) is 4.83. The van der Waals surface area contributed by atoms with Crippen molar-refractivity contribution >= 4 is 17.5 Å². The molecule has 0 radical (unpaired) electrons. The summed E-state index contributed by atoms with van der Waals surface area (Å²) in [6, 6.07) is 7.41. The summed E-state index contributed by atoms with van der Waals surface area (Å²) in [5.74, 6) is 0.0400. The lowest BCUT2D eigenvalue weighted by Crippen LogP contribution is -2.17. The molecule has 2 heterocycles. The summed E-state index contributed by atoms with van der Waals surface area (Å²) >= 11 is 0. The molecule has 1 aromatic carbocycles. The van der Waals surface area contributed by atoms with E-state index in [0.29, 0.717) is 18.7 Å². The Morgan fingerprint density at radius 3 is 2.64 bits per heavy atom. The van der Waals surface area contributed by atoms with Gasteiger partial charge in [-0.1, -0.05) is 18.1 Å². The number of anilines is 2. The maximum absolute atomic E-state index is 14.3. The molecule has 3 aromatic rings. The average molecular weight is 458 g/mol. The zero-order valence-corrected chi connectivity index (χ0v) is 18.7. The molecule has 0 aliphatic rings. The number of hydrogen-bond donors (Lipinski definition) is 3. The Hall–Kier alpha value is -3.60. The van der Waals surface area contributed by atoms with Gasteiger partial charge in [-0.2, -0.15) is 0 Å². The van der Waals surface area contributed by atoms with Crippen molar-refractivity contribution in [2.45, 2.75) is 52.0 Å². The molecule has 0 saturated heterocycles. The quantitative estimate of drug-likeness (QED) is 0.211. The molecule has 33 heavy (non-hydrogen) atoms. The molecule has 0 bridgehead atoms. The van der Waals surface area contributed by atoms with Gasteiger partial charge in [-0.25, -0.2) is 24.5 Å². The molecule has 0 aliphatic heterocycles. The lowest BCUT2D eigenvalue weighted by Gasteiger charge is -2.09. The van der Waals surface area contributed by atoms with E-state index in [1.165, 1.54) is 0 Å². The molecule has 0 aliphatic carbocycles. The minimum Gasteiger partial charge on any atom is -0.494 e. The number of hydrogen-bond acceptors (Lipinski definition) is 8. The summed E-state index contributed by atoms with van der Waals surface area (Å²) in [7, 11) is 0. The fourth-order valence-electron chi connectivity index (χ4n) is 3.00. The van der Waals surface area contributed by atoms with Gasteiger partial charge in [0, 0.05) is 18.2 Å². The highest BCUT2D eigenvalue weighted by atomic mass is 19.1. The van der Waals surface area contributed by atoms with E-state index in [1.54, 1.807) is 16.4 Å². The van der Waals surface area contributed by atoms with Crippen molar-refractivity contribution in [2.75, 3.05) is 11.9 Å². The Morgan fingerprint density at radius 1 is 1.18 bits per heavy atom. The van der Waals surface area contributed by atoms with E-state index in [9.17, 15) is 9.18 Å². The molecule has 3 N–H and O–H groups in total. The normalized spacial score (nSPS) is 10.9. The molecule has 0 fully saturated rings. The smallest absolute Gasteiger partial charge is 0.243 e. The van der Waals surface area contributed by atoms with Crippen molar-refractivity contribution in [3.05, 3.63) is 42.5 Å². The van der Waals surface area contributed by atoms with Crippen LogP contribution in [0.5, 0.6) is 5.75 Å². The van der Waals surface area contributed by atoms with E-state index in [1.807, 2.05) is 38.1 Å². The maximum atomic E-state index is 14.3. The third-order valence-electron chi connectivity index (χ3n) is 4.83. The first kappa shape index (κ1) is 24.1. The monoisotopic (exact) mass is 457 g/mol. The number of ether oxygens (including phenoxy) is 1. The second-order valence-corrected chi connectivity index (χ2v) is 7.76. The molecule has 2 aromatic heterocycles. The summed E-state index contributed by atoms with van der Waals surface area (Å²) in [4.78, 5) is 19.2. The summed E-state index contributed by atoms with van der Waals surface area (Å²) < 4.78 is 21.6. The van der Waals surface area contributed by atoms with E-state index < -0.39 is 5.82 Å². The molecule has 0 spiro atoms. The number of nitrogens with one attached hydrogen (secondary N) is 2. The van der Waals surface area contributed by atoms with Crippen molar-refractivity contribution in [1.29, 1.82) is 0 Å². The summed E-state index contributed by atoms with van der Waals surface area (Å²) in [5, 5.41) is 19.5. The number of hydroxylamine groups is 1. The number of carbonyl (C=O) groups is 1. The lowest BCUT2D eigenvalue weighted by molar-refractivity contribution is -0.129. The first-order valence-electron chi connectivity index (χ1n) is 10.8. The van der Waals surface area contributed by atoms with Gasteiger partial charge < -0.3 is 10.1 Å². The number of unbranched alkanes of at least 4 members (excludes halogenated alkanes) is 3. The first-order chi connectivity index (χ1) is 16.0. The molecule has 10 nitrogen and oxygen atoms in total. The fraction of sp³-hybridized carbons (Fsp3) is 0.409. The highest BCUT2D eigenvalue weighted by molar-refractivity contribution is 5.74. The van der Waals surface area contributed by atoms with Crippen LogP contribution >= 0.6 is 0 Å². The van der Waals surface area contributed by atoms with Gasteiger partial charge in [-0.3, -0.25) is 10.0 Å². The van der Waals surface area contributed by atoms with Crippen LogP contribution in [0, 0.1) is 5.82 Å². The Labute approximate surface area is 191 Å². The average Bonchev–Trinajstić information content (AvgIpc) is 3.31. The third kappa shape index (κ3) is 7.21. The molecule has 3 rings (SSSR count). The predicted octanol–water partition coefficient (Wildman–Crippen LogP) is 4.03. The summed E-state index contributed by atoms with van der Waals surface area (Å²) in [6.45, 7) is 4.48. The Balaban J connectivity index is 1.49. The molecule has 1 amide bonds. The largest absolute Gasteiger partial charge is 0.494 e. The number of amides is 1. The highest BCUT2D eigenvalue weighted by Gasteiger charge is 2.14. The Kier molecular flexibility index (Phi) is 8.64. The minimum atomic E-state index is -0.572. The number of nitrogens with zero attached hydrogens (tertiary/aromatic N) is 5. The topological polar surface area (TPSA) is 127 Å². The molecular formula is C22H28FN7O3. The minimum absolute atomic E-state index is 0.0799. The number of rotatable bonds is 12. The van der Waals surface area contributed by atoms with Gasteiger partial charge in [0.1, 0.15) is 17.1 Å². The Morgan fingerprint density at radius 2 is 1.94 bits per heavy atom. The van der Waals surface area contributed by atoms with Gasteiger partial charge in [0.05, 0.1) is 19.0 Å². The van der Waals surface area contributed by atoms with Gasteiger partial charge in [-0.15, -0.1) is 5.10 Å². The van der Waals surface area contributed by atoms with Crippen molar-refractivity contribution in [1.82, 2.24) is 30.4 Å². The molecule has 176 valence electrons. The number of aromatic nitrogens is 5. The zero-order chi connectivity index (χ0) is 23.6. The maximum Gasteiger partial charge on any atom is 0.243 e. The van der Waals surface area contributed by atoms with Gasteiger partial charge in [-0.05, 0) is 51.0 Å². The summed E-state index contributed by atoms with van der Waals surface area (Å²) in [6.07, 6.45) is 6.51. The lowest BCUT2D eigenvalue weighted by atomic mass is 10.1. The number of halogens is 1. The standard InChI is InChI=1S/C22H28FN7O3/c1-15(2)30-14-19(27-29-30)21-18(23)13-24-22(26-21)25-16-8-10-17(11-9-16)33-12-6-4-3-5-7-20(31)28-32/h8-11,13-15,32H,3-7,12H2,1-2H3,(H,28,31)(H,24,25,26). The van der Waals surface area contributed by atoms with E-state index >= 15 is 0 Å². The van der Waals surface area contributed by atoms with Gasteiger partial charge >= 0.3 is 0 Å². The summed E-state index contributed by atoms with van der Waals surface area (Å²) in [5.41, 5.74) is 2.78. The van der Waals surface area contributed by atoms with Crippen LogP contribution < -0.4 is 15.5 Å². The second-order valence-electron chi connectivity index (χ2n) is 7.76. The molecular weight excluding hydrogens is 429 g/mol. The van der Waals surface area contributed by atoms with Crippen LogP contribution in [0.4, 0.5) is 16.0 Å². The van der Waals surface area contributed by atoms with Gasteiger partial charge in [0.15, 0.2) is 5.82 Å². The molecule has 0 saturated carbocycles. The van der Waals surface area contributed by atoms with Crippen LogP contribution in [0.1, 0.15) is 52.0 Å². The number of benzene rings is 1. The van der Waals surface area contributed by atoms with E-state index in [-0.39, 0.29) is 23.6 Å². The molecule has 0 atom stereocenters. The van der Waals surface area contributed by atoms with Crippen LogP contribution in [-0.4, -0.2) is 42.7 Å².